The average Bonchev–Trinajstić information content (AvgIpc) is 2.32. The number of rotatable bonds is 3. The van der Waals surface area contributed by atoms with Gasteiger partial charge >= 0.3 is 0 Å². The number of hydrogen-bond donors (Lipinski definition) is 1. The summed E-state index contributed by atoms with van der Waals surface area (Å²) in [5.74, 6) is 1.64. The summed E-state index contributed by atoms with van der Waals surface area (Å²) < 4.78 is 0. The van der Waals surface area contributed by atoms with E-state index in [1.54, 1.807) is 0 Å². The molecule has 3 atom stereocenters. The molecule has 2 rings (SSSR count). The van der Waals surface area contributed by atoms with E-state index in [9.17, 15) is 0 Å². The molecule has 3 unspecified atom stereocenters. The highest BCUT2D eigenvalue weighted by Gasteiger charge is 2.27. The van der Waals surface area contributed by atoms with Crippen molar-refractivity contribution in [3.8, 4) is 0 Å². The minimum Gasteiger partial charge on any atom is -0.317 e. The Labute approximate surface area is 110 Å². The van der Waals surface area contributed by atoms with Gasteiger partial charge in [-0.05, 0) is 62.3 Å². The van der Waals surface area contributed by atoms with Crippen LogP contribution in [0.1, 0.15) is 31.7 Å². The van der Waals surface area contributed by atoms with E-state index in [2.05, 4.69) is 31.4 Å². The van der Waals surface area contributed by atoms with E-state index < -0.39 is 0 Å². The van der Waals surface area contributed by atoms with Gasteiger partial charge < -0.3 is 5.32 Å². The van der Waals surface area contributed by atoms with Crippen molar-refractivity contribution in [2.24, 2.45) is 11.8 Å². The fraction of sp³-hybridized carbons (Fsp3) is 0.600. The highest BCUT2D eigenvalue weighted by molar-refractivity contribution is 6.30. The van der Waals surface area contributed by atoms with E-state index in [0.29, 0.717) is 6.04 Å². The maximum atomic E-state index is 5.92. The lowest BCUT2D eigenvalue weighted by Crippen LogP contribution is -2.39. The molecule has 1 aromatic carbocycles. The molecule has 94 valence electrons. The van der Waals surface area contributed by atoms with Crippen LogP contribution in [-0.4, -0.2) is 13.1 Å². The molecule has 1 saturated carbocycles. The van der Waals surface area contributed by atoms with Crippen LogP contribution in [0.2, 0.25) is 5.02 Å². The lowest BCUT2D eigenvalue weighted by atomic mass is 9.76. The minimum atomic E-state index is 0.682. The van der Waals surface area contributed by atoms with Crippen molar-refractivity contribution in [2.75, 3.05) is 7.05 Å². The van der Waals surface area contributed by atoms with Crippen LogP contribution < -0.4 is 5.32 Å². The molecule has 1 aromatic rings. The number of hydrogen-bond acceptors (Lipinski definition) is 1. The SMILES string of the molecule is CNC1CCC(C)CC1Cc1ccc(Cl)cc1. The minimum absolute atomic E-state index is 0.682. The van der Waals surface area contributed by atoms with Crippen molar-refractivity contribution < 1.29 is 0 Å². The maximum absolute atomic E-state index is 5.92. The van der Waals surface area contributed by atoms with E-state index in [-0.39, 0.29) is 0 Å². The highest BCUT2D eigenvalue weighted by Crippen LogP contribution is 2.31. The van der Waals surface area contributed by atoms with Gasteiger partial charge in [0.05, 0.1) is 0 Å². The summed E-state index contributed by atoms with van der Waals surface area (Å²) >= 11 is 5.92. The number of benzene rings is 1. The van der Waals surface area contributed by atoms with Crippen molar-refractivity contribution >= 4 is 11.6 Å². The molecule has 0 spiro atoms. The maximum Gasteiger partial charge on any atom is 0.0406 e. The van der Waals surface area contributed by atoms with Gasteiger partial charge in [0.1, 0.15) is 0 Å². The van der Waals surface area contributed by atoms with E-state index in [0.717, 1.165) is 16.9 Å². The van der Waals surface area contributed by atoms with Crippen molar-refractivity contribution in [1.82, 2.24) is 5.32 Å². The molecule has 1 aliphatic carbocycles. The molecule has 0 bridgehead atoms. The second-order valence-corrected chi connectivity index (χ2v) is 5.84. The molecule has 1 nitrogen and oxygen atoms in total. The van der Waals surface area contributed by atoms with Crippen molar-refractivity contribution in [2.45, 2.75) is 38.6 Å². The van der Waals surface area contributed by atoms with Gasteiger partial charge in [0, 0.05) is 11.1 Å². The number of halogens is 1. The van der Waals surface area contributed by atoms with Gasteiger partial charge in [-0.15, -0.1) is 0 Å². The van der Waals surface area contributed by atoms with Crippen molar-refractivity contribution in [3.63, 3.8) is 0 Å². The van der Waals surface area contributed by atoms with Crippen LogP contribution in [0.4, 0.5) is 0 Å². The van der Waals surface area contributed by atoms with Crippen LogP contribution in [0.25, 0.3) is 0 Å². The Balaban J connectivity index is 2.02. The van der Waals surface area contributed by atoms with E-state index in [1.165, 1.54) is 31.2 Å². The fourth-order valence-electron chi connectivity index (χ4n) is 3.03. The van der Waals surface area contributed by atoms with Crippen molar-refractivity contribution in [1.29, 1.82) is 0 Å². The smallest absolute Gasteiger partial charge is 0.0406 e. The Hall–Kier alpha value is -0.530. The zero-order valence-corrected chi connectivity index (χ0v) is 11.5. The third-order valence-corrected chi connectivity index (χ3v) is 4.28. The second kappa shape index (κ2) is 5.88. The number of nitrogens with one attached hydrogen (secondary N) is 1. The Morgan fingerprint density at radius 2 is 1.94 bits per heavy atom. The quantitative estimate of drug-likeness (QED) is 0.859. The normalized spacial score (nSPS) is 29.2. The van der Waals surface area contributed by atoms with Crippen molar-refractivity contribution in [3.05, 3.63) is 34.9 Å². The topological polar surface area (TPSA) is 12.0 Å². The van der Waals surface area contributed by atoms with Crippen LogP contribution in [0.5, 0.6) is 0 Å². The molecule has 0 saturated heterocycles. The summed E-state index contributed by atoms with van der Waals surface area (Å²) in [6.07, 6.45) is 5.19. The molecular weight excluding hydrogens is 230 g/mol. The highest BCUT2D eigenvalue weighted by atomic mass is 35.5. The van der Waals surface area contributed by atoms with Gasteiger partial charge in [-0.3, -0.25) is 0 Å². The van der Waals surface area contributed by atoms with Gasteiger partial charge in [-0.25, -0.2) is 0 Å². The standard InChI is InChI=1S/C15H22ClN/c1-11-3-8-15(17-2)13(9-11)10-12-4-6-14(16)7-5-12/h4-7,11,13,15,17H,3,8-10H2,1-2H3. The zero-order valence-electron chi connectivity index (χ0n) is 10.7. The third kappa shape index (κ3) is 3.46. The first kappa shape index (κ1) is 12.9. The summed E-state index contributed by atoms with van der Waals surface area (Å²) in [6, 6.07) is 9.00. The summed E-state index contributed by atoms with van der Waals surface area (Å²) in [6.45, 7) is 2.38. The Kier molecular flexibility index (Phi) is 4.47. The first-order valence-electron chi connectivity index (χ1n) is 6.60. The third-order valence-electron chi connectivity index (χ3n) is 4.03. The Morgan fingerprint density at radius 1 is 1.24 bits per heavy atom. The van der Waals surface area contributed by atoms with E-state index >= 15 is 0 Å². The molecule has 0 radical (unpaired) electrons. The molecule has 17 heavy (non-hydrogen) atoms. The van der Waals surface area contributed by atoms with Gasteiger partial charge in [0.25, 0.3) is 0 Å². The van der Waals surface area contributed by atoms with Crippen LogP contribution >= 0.6 is 11.6 Å². The first-order valence-corrected chi connectivity index (χ1v) is 6.98. The summed E-state index contributed by atoms with van der Waals surface area (Å²) in [5.41, 5.74) is 1.41. The molecule has 1 fully saturated rings. The van der Waals surface area contributed by atoms with Crippen LogP contribution in [0, 0.1) is 11.8 Å². The van der Waals surface area contributed by atoms with Gasteiger partial charge in [0.15, 0.2) is 0 Å². The predicted octanol–water partition coefficient (Wildman–Crippen LogP) is 3.91. The van der Waals surface area contributed by atoms with Gasteiger partial charge in [-0.1, -0.05) is 30.7 Å². The monoisotopic (exact) mass is 251 g/mol. The molecule has 0 aliphatic heterocycles. The summed E-state index contributed by atoms with van der Waals surface area (Å²) in [5, 5.41) is 4.31. The molecule has 1 aliphatic rings. The van der Waals surface area contributed by atoms with E-state index in [4.69, 9.17) is 11.6 Å². The lowest BCUT2D eigenvalue weighted by molar-refractivity contribution is 0.220. The van der Waals surface area contributed by atoms with Crippen LogP contribution in [0.3, 0.4) is 0 Å². The summed E-state index contributed by atoms with van der Waals surface area (Å²) in [4.78, 5) is 0. The second-order valence-electron chi connectivity index (χ2n) is 5.40. The Bertz CT molecular complexity index is 346. The van der Waals surface area contributed by atoms with Crippen LogP contribution in [0.15, 0.2) is 24.3 Å². The van der Waals surface area contributed by atoms with Gasteiger partial charge in [0.2, 0.25) is 0 Å². The molecule has 1 N–H and O–H groups in total. The lowest BCUT2D eigenvalue weighted by Gasteiger charge is -2.35. The molecule has 0 heterocycles. The van der Waals surface area contributed by atoms with Gasteiger partial charge in [-0.2, -0.15) is 0 Å². The average molecular weight is 252 g/mol. The molecular formula is C15H22ClN. The Morgan fingerprint density at radius 3 is 2.59 bits per heavy atom. The largest absolute Gasteiger partial charge is 0.317 e. The first-order chi connectivity index (χ1) is 8.19. The summed E-state index contributed by atoms with van der Waals surface area (Å²) in [7, 11) is 2.09. The molecule has 0 amide bonds. The van der Waals surface area contributed by atoms with E-state index in [1.807, 2.05) is 12.1 Å². The molecule has 0 aromatic heterocycles. The molecule has 2 heteroatoms. The fourth-order valence-corrected chi connectivity index (χ4v) is 3.15. The zero-order chi connectivity index (χ0) is 12.3. The predicted molar refractivity (Wildman–Crippen MR) is 74.5 cm³/mol. The van der Waals surface area contributed by atoms with Crippen LogP contribution in [-0.2, 0) is 6.42 Å².